The maximum absolute atomic E-state index is 12.9. The quantitative estimate of drug-likeness (QED) is 0.503. The molecule has 3 aromatic rings. The number of H-pyrrole nitrogens is 1. The Hall–Kier alpha value is -2.23. The van der Waals surface area contributed by atoms with E-state index >= 15 is 0 Å². The molecule has 1 N–H and O–H groups in total. The van der Waals surface area contributed by atoms with Gasteiger partial charge in [0, 0.05) is 39.2 Å². The van der Waals surface area contributed by atoms with Crippen LogP contribution in [-0.2, 0) is 4.79 Å². The van der Waals surface area contributed by atoms with Crippen LogP contribution >= 0.6 is 23.2 Å². The van der Waals surface area contributed by atoms with Gasteiger partial charge in [-0.25, -0.2) is 0 Å². The highest BCUT2D eigenvalue weighted by Crippen LogP contribution is 2.46. The number of halogens is 2. The van der Waals surface area contributed by atoms with Crippen LogP contribution < -0.4 is 0 Å². The predicted octanol–water partition coefficient (Wildman–Crippen LogP) is 6.77. The minimum absolute atomic E-state index is 0.106. The largest absolute Gasteiger partial charge is 0.354 e. The number of hydrogen-bond donors (Lipinski definition) is 1. The lowest BCUT2D eigenvalue weighted by atomic mass is 9.93. The predicted molar refractivity (Wildman–Crippen MR) is 117 cm³/mol. The smallest absolute Gasteiger partial charge is 0.250 e. The average molecular weight is 413 g/mol. The second-order valence-electron chi connectivity index (χ2n) is 7.29. The molecule has 0 saturated carbocycles. The van der Waals surface area contributed by atoms with Crippen molar-refractivity contribution in [2.24, 2.45) is 0 Å². The minimum atomic E-state index is -0.106. The van der Waals surface area contributed by atoms with Crippen LogP contribution in [0.15, 0.2) is 53.6 Å². The lowest BCUT2D eigenvalue weighted by molar-refractivity contribution is -0.127. The van der Waals surface area contributed by atoms with Gasteiger partial charge in [0.1, 0.15) is 0 Å². The fraction of sp³-hybridized carbons (Fsp3) is 0.261. The Morgan fingerprint density at radius 2 is 1.86 bits per heavy atom. The first-order valence-corrected chi connectivity index (χ1v) is 10.2. The Kier molecular flexibility index (Phi) is 4.98. The summed E-state index contributed by atoms with van der Waals surface area (Å²) in [6, 6.07) is 13.6. The SMILES string of the molecule is CCCN1C(=O)C(C)=C(C)[C@@H]1c1c(-c2ccc(Cl)cc2Cl)[nH]c2ccccc12. The molecule has 0 aliphatic carbocycles. The third-order valence-corrected chi connectivity index (χ3v) is 6.13. The van der Waals surface area contributed by atoms with Crippen molar-refractivity contribution in [1.82, 2.24) is 9.88 Å². The molecular weight excluding hydrogens is 391 g/mol. The highest BCUT2D eigenvalue weighted by atomic mass is 35.5. The zero-order valence-electron chi connectivity index (χ0n) is 16.1. The van der Waals surface area contributed by atoms with Gasteiger partial charge in [-0.2, -0.15) is 0 Å². The van der Waals surface area contributed by atoms with Crippen molar-refractivity contribution in [2.75, 3.05) is 6.54 Å². The summed E-state index contributed by atoms with van der Waals surface area (Å²) >= 11 is 12.7. The van der Waals surface area contributed by atoms with E-state index in [9.17, 15) is 4.79 Å². The highest BCUT2D eigenvalue weighted by Gasteiger charge is 2.38. The standard InChI is InChI=1S/C23H22Cl2N2O/c1-4-11-27-22(13(2)14(3)23(27)28)20-17-7-5-6-8-19(17)26-21(20)16-10-9-15(24)12-18(16)25/h5-10,12,22,26H,4,11H2,1-3H3/t22-/m1/s1. The monoisotopic (exact) mass is 412 g/mol. The number of aromatic amines is 1. The van der Waals surface area contributed by atoms with Gasteiger partial charge in [0.15, 0.2) is 0 Å². The number of hydrogen-bond acceptors (Lipinski definition) is 1. The van der Waals surface area contributed by atoms with Gasteiger partial charge in [0.2, 0.25) is 5.91 Å². The molecular formula is C23H22Cl2N2O. The van der Waals surface area contributed by atoms with Crippen molar-refractivity contribution in [3.05, 3.63) is 69.2 Å². The van der Waals surface area contributed by atoms with E-state index in [0.717, 1.165) is 45.3 Å². The summed E-state index contributed by atoms with van der Waals surface area (Å²) < 4.78 is 0. The molecule has 4 rings (SSSR count). The van der Waals surface area contributed by atoms with E-state index in [1.165, 1.54) is 0 Å². The molecule has 0 radical (unpaired) electrons. The van der Waals surface area contributed by atoms with Crippen LogP contribution in [0.25, 0.3) is 22.2 Å². The first kappa shape index (κ1) is 19.1. The van der Waals surface area contributed by atoms with Gasteiger partial charge in [-0.1, -0.05) is 48.3 Å². The highest BCUT2D eigenvalue weighted by molar-refractivity contribution is 6.36. The molecule has 0 unspecified atom stereocenters. The average Bonchev–Trinajstić information content (AvgIpc) is 3.13. The van der Waals surface area contributed by atoms with Crippen LogP contribution in [0.2, 0.25) is 10.0 Å². The number of carbonyl (C=O) groups is 1. The molecule has 144 valence electrons. The second kappa shape index (κ2) is 7.31. The van der Waals surface area contributed by atoms with E-state index in [2.05, 4.69) is 31.0 Å². The minimum Gasteiger partial charge on any atom is -0.354 e. The molecule has 28 heavy (non-hydrogen) atoms. The van der Waals surface area contributed by atoms with Crippen molar-refractivity contribution < 1.29 is 4.79 Å². The molecule has 0 bridgehead atoms. The van der Waals surface area contributed by atoms with Crippen molar-refractivity contribution in [2.45, 2.75) is 33.2 Å². The van der Waals surface area contributed by atoms with Crippen molar-refractivity contribution in [1.29, 1.82) is 0 Å². The Balaban J connectivity index is 2.02. The summed E-state index contributed by atoms with van der Waals surface area (Å²) in [4.78, 5) is 18.4. The summed E-state index contributed by atoms with van der Waals surface area (Å²) in [5, 5.41) is 2.29. The molecule has 1 amide bonds. The zero-order chi connectivity index (χ0) is 20.0. The third kappa shape index (κ3) is 2.94. The van der Waals surface area contributed by atoms with E-state index in [4.69, 9.17) is 23.2 Å². The maximum atomic E-state index is 12.9. The summed E-state index contributed by atoms with van der Waals surface area (Å²) in [5.74, 6) is 0.114. The molecule has 0 saturated heterocycles. The number of rotatable bonds is 4. The summed E-state index contributed by atoms with van der Waals surface area (Å²) in [6.45, 7) is 6.79. The number of fused-ring (bicyclic) bond motifs is 1. The first-order valence-electron chi connectivity index (χ1n) is 9.48. The lowest BCUT2D eigenvalue weighted by Crippen LogP contribution is -2.31. The lowest BCUT2D eigenvalue weighted by Gasteiger charge is -2.27. The fourth-order valence-electron chi connectivity index (χ4n) is 4.14. The van der Waals surface area contributed by atoms with Crippen LogP contribution in [0.3, 0.4) is 0 Å². The molecule has 1 aliphatic rings. The van der Waals surface area contributed by atoms with E-state index in [1.54, 1.807) is 6.07 Å². The van der Waals surface area contributed by atoms with Crippen LogP contribution in [0, 0.1) is 0 Å². The Bertz CT molecular complexity index is 1110. The van der Waals surface area contributed by atoms with Gasteiger partial charge < -0.3 is 9.88 Å². The van der Waals surface area contributed by atoms with Gasteiger partial charge in [0.25, 0.3) is 0 Å². The molecule has 2 aromatic carbocycles. The van der Waals surface area contributed by atoms with Crippen molar-refractivity contribution in [3.63, 3.8) is 0 Å². The summed E-state index contributed by atoms with van der Waals surface area (Å²) in [5.41, 5.74) is 5.87. The number of carbonyl (C=O) groups excluding carboxylic acids is 1. The van der Waals surface area contributed by atoms with Crippen LogP contribution in [0.4, 0.5) is 0 Å². The zero-order valence-corrected chi connectivity index (χ0v) is 17.7. The van der Waals surface area contributed by atoms with Gasteiger partial charge in [-0.15, -0.1) is 0 Å². The molecule has 1 aliphatic heterocycles. The van der Waals surface area contributed by atoms with E-state index in [0.29, 0.717) is 16.6 Å². The van der Waals surface area contributed by atoms with Crippen LogP contribution in [-0.4, -0.2) is 22.3 Å². The third-order valence-electron chi connectivity index (χ3n) is 5.58. The fourth-order valence-corrected chi connectivity index (χ4v) is 4.64. The maximum Gasteiger partial charge on any atom is 0.250 e. The van der Waals surface area contributed by atoms with E-state index < -0.39 is 0 Å². The van der Waals surface area contributed by atoms with E-state index in [-0.39, 0.29) is 11.9 Å². The van der Waals surface area contributed by atoms with Crippen LogP contribution in [0.1, 0.15) is 38.8 Å². The van der Waals surface area contributed by atoms with Gasteiger partial charge >= 0.3 is 0 Å². The van der Waals surface area contributed by atoms with Gasteiger partial charge in [-0.05, 0) is 50.1 Å². The number of para-hydroxylation sites is 1. The van der Waals surface area contributed by atoms with Gasteiger partial charge in [0.05, 0.1) is 16.8 Å². The molecule has 0 spiro atoms. The molecule has 2 heterocycles. The number of nitrogens with one attached hydrogen (secondary N) is 1. The molecule has 3 nitrogen and oxygen atoms in total. The number of amides is 1. The Labute approximate surface area is 174 Å². The number of aromatic nitrogens is 1. The number of benzene rings is 2. The summed E-state index contributed by atoms with van der Waals surface area (Å²) in [6.07, 6.45) is 0.905. The molecule has 0 fully saturated rings. The Morgan fingerprint density at radius 1 is 1.11 bits per heavy atom. The molecule has 1 aromatic heterocycles. The van der Waals surface area contributed by atoms with E-state index in [1.807, 2.05) is 36.1 Å². The van der Waals surface area contributed by atoms with Crippen molar-refractivity contribution in [3.8, 4) is 11.3 Å². The topological polar surface area (TPSA) is 36.1 Å². The molecule has 1 atom stereocenters. The summed E-state index contributed by atoms with van der Waals surface area (Å²) in [7, 11) is 0. The Morgan fingerprint density at radius 3 is 2.57 bits per heavy atom. The molecule has 5 heteroatoms. The van der Waals surface area contributed by atoms with Crippen molar-refractivity contribution >= 4 is 40.0 Å². The normalized spacial score (nSPS) is 17.2. The number of nitrogens with zero attached hydrogens (tertiary/aromatic N) is 1. The van der Waals surface area contributed by atoms with Gasteiger partial charge in [-0.3, -0.25) is 4.79 Å². The first-order chi connectivity index (χ1) is 13.4. The second-order valence-corrected chi connectivity index (χ2v) is 8.14. The van der Waals surface area contributed by atoms with Crippen LogP contribution in [0.5, 0.6) is 0 Å².